The van der Waals surface area contributed by atoms with E-state index in [4.69, 9.17) is 17.0 Å². The van der Waals surface area contributed by atoms with Gasteiger partial charge >= 0.3 is 0 Å². The molecule has 4 nitrogen and oxygen atoms in total. The zero-order valence-electron chi connectivity index (χ0n) is 15.7. The lowest BCUT2D eigenvalue weighted by atomic mass is 9.99. The minimum absolute atomic E-state index is 0.159. The number of carbonyl (C=O) groups excluding carboxylic acids is 1. The average Bonchev–Trinajstić information content (AvgIpc) is 2.98. The van der Waals surface area contributed by atoms with E-state index in [1.165, 1.54) is 17.3 Å². The predicted molar refractivity (Wildman–Crippen MR) is 120 cm³/mol. The number of aromatic nitrogens is 1. The fraction of sp³-hybridized carbons (Fsp3) is 0.136. The van der Waals surface area contributed by atoms with Crippen molar-refractivity contribution in [2.75, 3.05) is 7.11 Å². The average molecular weight is 407 g/mol. The Balaban J connectivity index is 1.82. The van der Waals surface area contributed by atoms with Gasteiger partial charge in [0.05, 0.1) is 17.5 Å². The molecular formula is C22H18N2O2S2. The number of methoxy groups -OCH3 is 1. The Morgan fingerprint density at radius 3 is 2.68 bits per heavy atom. The molecule has 2 heterocycles. The van der Waals surface area contributed by atoms with Crippen molar-refractivity contribution >= 4 is 51.2 Å². The SMILES string of the molecule is COc1ccc(/C=C2\SC(=S)NC2=O)cc1-c1ccc2c(C)cc(C)nc2c1. The van der Waals surface area contributed by atoms with Crippen LogP contribution in [0.2, 0.25) is 0 Å². The number of ether oxygens (including phenoxy) is 1. The van der Waals surface area contributed by atoms with E-state index in [2.05, 4.69) is 41.5 Å². The van der Waals surface area contributed by atoms with Crippen molar-refractivity contribution in [2.24, 2.45) is 0 Å². The molecule has 1 aliphatic rings. The van der Waals surface area contributed by atoms with Crippen molar-refractivity contribution < 1.29 is 9.53 Å². The molecule has 0 radical (unpaired) electrons. The number of benzene rings is 2. The summed E-state index contributed by atoms with van der Waals surface area (Å²) in [6.07, 6.45) is 1.84. The highest BCUT2D eigenvalue weighted by Gasteiger charge is 2.22. The second-order valence-electron chi connectivity index (χ2n) is 6.62. The Kier molecular flexibility index (Phi) is 4.91. The summed E-state index contributed by atoms with van der Waals surface area (Å²) in [5.74, 6) is 0.609. The molecule has 0 aliphatic carbocycles. The van der Waals surface area contributed by atoms with Gasteiger partial charge in [0.25, 0.3) is 5.91 Å². The van der Waals surface area contributed by atoms with Crippen LogP contribution in [0.3, 0.4) is 0 Å². The summed E-state index contributed by atoms with van der Waals surface area (Å²) in [5.41, 5.74) is 6.03. The molecule has 28 heavy (non-hydrogen) atoms. The molecule has 0 saturated carbocycles. The molecule has 1 aromatic heterocycles. The number of fused-ring (bicyclic) bond motifs is 1. The van der Waals surface area contributed by atoms with Crippen LogP contribution in [0.1, 0.15) is 16.8 Å². The molecule has 6 heteroatoms. The molecule has 1 aliphatic heterocycles. The van der Waals surface area contributed by atoms with E-state index in [9.17, 15) is 4.79 Å². The van der Waals surface area contributed by atoms with Crippen LogP contribution in [0.4, 0.5) is 0 Å². The van der Waals surface area contributed by atoms with E-state index in [0.29, 0.717) is 9.23 Å². The number of nitrogens with one attached hydrogen (secondary N) is 1. The quantitative estimate of drug-likeness (QED) is 0.489. The molecule has 0 atom stereocenters. The number of nitrogens with zero attached hydrogens (tertiary/aromatic N) is 1. The highest BCUT2D eigenvalue weighted by atomic mass is 32.2. The van der Waals surface area contributed by atoms with Gasteiger partial charge in [-0.25, -0.2) is 0 Å². The van der Waals surface area contributed by atoms with Crippen molar-refractivity contribution in [3.63, 3.8) is 0 Å². The minimum Gasteiger partial charge on any atom is -0.496 e. The molecule has 0 bridgehead atoms. The molecule has 2 aromatic carbocycles. The summed E-state index contributed by atoms with van der Waals surface area (Å²) in [6.45, 7) is 4.10. The zero-order chi connectivity index (χ0) is 19.8. The van der Waals surface area contributed by atoms with Gasteiger partial charge in [-0.05, 0) is 60.9 Å². The topological polar surface area (TPSA) is 51.2 Å². The third kappa shape index (κ3) is 3.53. The monoisotopic (exact) mass is 406 g/mol. The van der Waals surface area contributed by atoms with E-state index in [1.54, 1.807) is 7.11 Å². The van der Waals surface area contributed by atoms with Crippen LogP contribution in [0.25, 0.3) is 28.1 Å². The van der Waals surface area contributed by atoms with Crippen molar-refractivity contribution in [1.29, 1.82) is 0 Å². The molecule has 4 rings (SSSR count). The lowest BCUT2D eigenvalue weighted by molar-refractivity contribution is -0.115. The summed E-state index contributed by atoms with van der Waals surface area (Å²) >= 11 is 6.34. The molecule has 140 valence electrons. The predicted octanol–water partition coefficient (Wildman–Crippen LogP) is 5.02. The Morgan fingerprint density at radius 2 is 1.96 bits per heavy atom. The minimum atomic E-state index is -0.159. The number of rotatable bonds is 3. The van der Waals surface area contributed by atoms with Gasteiger partial charge in [0.2, 0.25) is 0 Å². The third-order valence-corrected chi connectivity index (χ3v) is 5.78. The fourth-order valence-electron chi connectivity index (χ4n) is 3.35. The van der Waals surface area contributed by atoms with Crippen molar-refractivity contribution in [1.82, 2.24) is 10.3 Å². The van der Waals surface area contributed by atoms with E-state index in [-0.39, 0.29) is 5.91 Å². The summed E-state index contributed by atoms with van der Waals surface area (Å²) in [7, 11) is 1.66. The Bertz CT molecular complexity index is 1170. The van der Waals surface area contributed by atoms with Gasteiger partial charge in [0, 0.05) is 16.6 Å². The first-order valence-electron chi connectivity index (χ1n) is 8.76. The number of amides is 1. The second-order valence-corrected chi connectivity index (χ2v) is 8.34. The summed E-state index contributed by atoms with van der Waals surface area (Å²) in [6, 6.07) is 14.2. The number of thioether (sulfide) groups is 1. The van der Waals surface area contributed by atoms with Crippen LogP contribution in [0, 0.1) is 13.8 Å². The molecule has 1 N–H and O–H groups in total. The number of pyridine rings is 1. The van der Waals surface area contributed by atoms with Crippen LogP contribution in [0.5, 0.6) is 5.75 Å². The highest BCUT2D eigenvalue weighted by Crippen LogP contribution is 2.35. The second kappa shape index (κ2) is 7.37. The lowest BCUT2D eigenvalue weighted by Crippen LogP contribution is -2.17. The standard InChI is InChI=1S/C22H18N2O2S2/c1-12-8-13(2)23-18-11-15(5-6-16(12)18)17-9-14(4-7-19(17)26-3)10-20-21(25)24-22(27)28-20/h4-11H,1-3H3,(H,24,25,27)/b20-10-. The van der Waals surface area contributed by atoms with E-state index in [0.717, 1.165) is 39.0 Å². The van der Waals surface area contributed by atoms with Crippen molar-refractivity contribution in [3.8, 4) is 16.9 Å². The van der Waals surface area contributed by atoms with Gasteiger partial charge in [0.15, 0.2) is 0 Å². The smallest absolute Gasteiger partial charge is 0.263 e. The Morgan fingerprint density at radius 1 is 1.14 bits per heavy atom. The number of hydrogen-bond acceptors (Lipinski definition) is 5. The van der Waals surface area contributed by atoms with Gasteiger partial charge in [-0.1, -0.05) is 42.2 Å². The molecule has 1 fully saturated rings. The van der Waals surface area contributed by atoms with E-state index in [1.807, 2.05) is 31.2 Å². The number of aryl methyl sites for hydroxylation is 2. The number of hydrogen-bond donors (Lipinski definition) is 1. The zero-order valence-corrected chi connectivity index (χ0v) is 17.3. The fourth-order valence-corrected chi connectivity index (χ4v) is 4.40. The molecular weight excluding hydrogens is 388 g/mol. The molecule has 0 unspecified atom stereocenters. The summed E-state index contributed by atoms with van der Waals surface area (Å²) < 4.78 is 6.06. The Hall–Kier alpha value is -2.70. The van der Waals surface area contributed by atoms with Crippen LogP contribution < -0.4 is 10.1 Å². The first kappa shape index (κ1) is 18.7. The maximum Gasteiger partial charge on any atom is 0.263 e. The first-order chi connectivity index (χ1) is 13.4. The first-order valence-corrected chi connectivity index (χ1v) is 9.98. The van der Waals surface area contributed by atoms with Gasteiger partial charge < -0.3 is 10.1 Å². The van der Waals surface area contributed by atoms with E-state index < -0.39 is 0 Å². The van der Waals surface area contributed by atoms with Gasteiger partial charge in [0.1, 0.15) is 10.1 Å². The molecule has 3 aromatic rings. The van der Waals surface area contributed by atoms with Crippen LogP contribution in [-0.2, 0) is 4.79 Å². The largest absolute Gasteiger partial charge is 0.496 e. The summed E-state index contributed by atoms with van der Waals surface area (Å²) in [4.78, 5) is 17.2. The normalized spacial score (nSPS) is 15.3. The van der Waals surface area contributed by atoms with Crippen molar-refractivity contribution in [2.45, 2.75) is 13.8 Å². The maximum absolute atomic E-state index is 12.0. The van der Waals surface area contributed by atoms with Crippen LogP contribution in [0.15, 0.2) is 47.4 Å². The van der Waals surface area contributed by atoms with Gasteiger partial charge in [-0.3, -0.25) is 9.78 Å². The Labute approximate surface area is 173 Å². The number of carbonyl (C=O) groups is 1. The van der Waals surface area contributed by atoms with Gasteiger partial charge in [-0.15, -0.1) is 0 Å². The maximum atomic E-state index is 12.0. The summed E-state index contributed by atoms with van der Waals surface area (Å²) in [5, 5.41) is 3.78. The molecule has 1 saturated heterocycles. The van der Waals surface area contributed by atoms with Crippen LogP contribution in [-0.4, -0.2) is 22.3 Å². The van der Waals surface area contributed by atoms with E-state index >= 15 is 0 Å². The number of thiocarbonyl (C=S) groups is 1. The third-order valence-electron chi connectivity index (χ3n) is 4.62. The lowest BCUT2D eigenvalue weighted by Gasteiger charge is -2.12. The van der Waals surface area contributed by atoms with Crippen molar-refractivity contribution in [3.05, 3.63) is 64.2 Å². The van der Waals surface area contributed by atoms with Gasteiger partial charge in [-0.2, -0.15) is 0 Å². The molecule has 1 amide bonds. The highest BCUT2D eigenvalue weighted by molar-refractivity contribution is 8.26. The van der Waals surface area contributed by atoms with Crippen LogP contribution >= 0.6 is 24.0 Å². The molecule has 0 spiro atoms.